The van der Waals surface area contributed by atoms with E-state index in [9.17, 15) is 13.2 Å². The van der Waals surface area contributed by atoms with Crippen LogP contribution in [0.25, 0.3) is 27.7 Å². The smallest absolute Gasteiger partial charge is 0.267 e. The van der Waals surface area contributed by atoms with Crippen molar-refractivity contribution in [2.45, 2.75) is 4.90 Å². The third-order valence-corrected chi connectivity index (χ3v) is 5.51. The third kappa shape index (κ3) is 3.31. The topological polar surface area (TPSA) is 95.1 Å². The fourth-order valence-electron chi connectivity index (χ4n) is 2.96. The van der Waals surface area contributed by atoms with Crippen molar-refractivity contribution in [2.24, 2.45) is 5.14 Å². The van der Waals surface area contributed by atoms with Crippen molar-refractivity contribution in [2.75, 3.05) is 0 Å². The molecule has 0 saturated heterocycles. The number of nitrogens with zero attached hydrogens (tertiary/aromatic N) is 2. The van der Waals surface area contributed by atoms with E-state index in [2.05, 4.69) is 5.10 Å². The number of nitrogens with two attached hydrogens (primary N) is 1. The lowest BCUT2D eigenvalue weighted by Crippen LogP contribution is -2.22. The Morgan fingerprint density at radius 1 is 0.857 bits per heavy atom. The van der Waals surface area contributed by atoms with Gasteiger partial charge in [-0.2, -0.15) is 9.78 Å². The van der Waals surface area contributed by atoms with Crippen molar-refractivity contribution in [3.8, 4) is 16.9 Å². The Morgan fingerprint density at radius 2 is 1.46 bits per heavy atom. The van der Waals surface area contributed by atoms with Crippen LogP contribution < -0.4 is 10.7 Å². The quantitative estimate of drug-likeness (QED) is 0.559. The molecule has 6 nitrogen and oxygen atoms in total. The summed E-state index contributed by atoms with van der Waals surface area (Å²) in [4.78, 5) is 12.9. The molecule has 0 bridgehead atoms. The van der Waals surface area contributed by atoms with E-state index < -0.39 is 10.0 Å². The van der Waals surface area contributed by atoms with Gasteiger partial charge in [-0.05, 0) is 42.5 Å². The van der Waals surface area contributed by atoms with E-state index in [1.54, 1.807) is 24.3 Å². The van der Waals surface area contributed by atoms with Crippen molar-refractivity contribution in [1.29, 1.82) is 0 Å². The maximum absolute atomic E-state index is 13.0. The minimum atomic E-state index is -3.82. The summed E-state index contributed by atoms with van der Waals surface area (Å²) in [5.41, 5.74) is 1.54. The molecule has 1 aromatic heterocycles. The normalized spacial score (nSPS) is 11.6. The second-order valence-electron chi connectivity index (χ2n) is 6.16. The van der Waals surface area contributed by atoms with E-state index in [0.29, 0.717) is 27.2 Å². The van der Waals surface area contributed by atoms with Gasteiger partial charge in [-0.3, -0.25) is 4.79 Å². The Labute approximate surface area is 165 Å². The standard InChI is InChI=1S/C20H14ClN3O3S/c21-14-7-5-13(6-8-14)19-17-3-1-2-4-18(17)20(25)24(23-19)15-9-11-16(12-10-15)28(22,26)27/h1-12H,(H2,22,26,27). The molecule has 8 heteroatoms. The Kier molecular flexibility index (Phi) is 4.50. The molecule has 0 radical (unpaired) electrons. The van der Waals surface area contributed by atoms with E-state index in [1.165, 1.54) is 28.9 Å². The summed E-state index contributed by atoms with van der Waals surface area (Å²) in [5.74, 6) is 0. The molecule has 0 aliphatic carbocycles. The van der Waals surface area contributed by atoms with E-state index in [1.807, 2.05) is 24.3 Å². The highest BCUT2D eigenvalue weighted by Gasteiger charge is 2.14. The van der Waals surface area contributed by atoms with Crippen molar-refractivity contribution < 1.29 is 8.42 Å². The van der Waals surface area contributed by atoms with Gasteiger partial charge in [0, 0.05) is 16.0 Å². The number of benzene rings is 3. The van der Waals surface area contributed by atoms with Crippen molar-refractivity contribution in [3.05, 3.63) is 88.2 Å². The van der Waals surface area contributed by atoms with Crippen LogP contribution in [0, 0.1) is 0 Å². The Hall–Kier alpha value is -3.00. The van der Waals surface area contributed by atoms with E-state index in [0.717, 1.165) is 5.56 Å². The fourth-order valence-corrected chi connectivity index (χ4v) is 3.60. The number of sulfonamides is 1. The van der Waals surface area contributed by atoms with E-state index in [4.69, 9.17) is 16.7 Å². The van der Waals surface area contributed by atoms with Gasteiger partial charge in [0.05, 0.1) is 21.7 Å². The first-order chi connectivity index (χ1) is 13.3. The number of aromatic nitrogens is 2. The van der Waals surface area contributed by atoms with Gasteiger partial charge in [0.2, 0.25) is 10.0 Å². The van der Waals surface area contributed by atoms with Crippen molar-refractivity contribution >= 4 is 32.4 Å². The van der Waals surface area contributed by atoms with Gasteiger partial charge >= 0.3 is 0 Å². The molecule has 0 atom stereocenters. The zero-order valence-corrected chi connectivity index (χ0v) is 16.0. The summed E-state index contributed by atoms with van der Waals surface area (Å²) in [6.45, 7) is 0. The van der Waals surface area contributed by atoms with Crippen molar-refractivity contribution in [3.63, 3.8) is 0 Å². The molecule has 0 aliphatic heterocycles. The largest absolute Gasteiger partial charge is 0.279 e. The van der Waals surface area contributed by atoms with Gasteiger partial charge < -0.3 is 0 Å². The number of halogens is 1. The maximum atomic E-state index is 13.0. The lowest BCUT2D eigenvalue weighted by molar-refractivity contribution is 0.598. The minimum absolute atomic E-state index is 0.0389. The molecule has 4 aromatic rings. The molecule has 140 valence electrons. The highest BCUT2D eigenvalue weighted by atomic mass is 35.5. The number of hydrogen-bond donors (Lipinski definition) is 1. The molecule has 28 heavy (non-hydrogen) atoms. The summed E-state index contributed by atoms with van der Waals surface area (Å²) in [7, 11) is -3.82. The maximum Gasteiger partial charge on any atom is 0.279 e. The summed E-state index contributed by atoms with van der Waals surface area (Å²) in [5, 5.41) is 11.5. The lowest BCUT2D eigenvalue weighted by atomic mass is 10.1. The van der Waals surface area contributed by atoms with Crippen LogP contribution in [-0.4, -0.2) is 18.2 Å². The van der Waals surface area contributed by atoms with Crippen LogP contribution in [0.2, 0.25) is 5.02 Å². The SMILES string of the molecule is NS(=O)(=O)c1ccc(-n2nc(-c3ccc(Cl)cc3)c3ccccc3c2=O)cc1. The third-order valence-electron chi connectivity index (χ3n) is 4.33. The van der Waals surface area contributed by atoms with Crippen molar-refractivity contribution in [1.82, 2.24) is 9.78 Å². The predicted octanol–water partition coefficient (Wildman–Crippen LogP) is 3.35. The zero-order valence-electron chi connectivity index (χ0n) is 14.4. The average Bonchev–Trinajstić information content (AvgIpc) is 2.69. The van der Waals surface area contributed by atoms with Gasteiger partial charge in [0.15, 0.2) is 0 Å². The molecular weight excluding hydrogens is 398 g/mol. The van der Waals surface area contributed by atoms with Gasteiger partial charge in [0.1, 0.15) is 0 Å². The second kappa shape index (κ2) is 6.87. The molecule has 0 aliphatic rings. The summed E-state index contributed by atoms with van der Waals surface area (Å²) < 4.78 is 24.2. The van der Waals surface area contributed by atoms with Gasteiger partial charge in [-0.1, -0.05) is 41.9 Å². The van der Waals surface area contributed by atoms with Crippen LogP contribution in [0.3, 0.4) is 0 Å². The number of rotatable bonds is 3. The predicted molar refractivity (Wildman–Crippen MR) is 109 cm³/mol. The lowest BCUT2D eigenvalue weighted by Gasteiger charge is -2.12. The minimum Gasteiger partial charge on any atom is -0.267 e. The van der Waals surface area contributed by atoms with Crippen LogP contribution in [0.1, 0.15) is 0 Å². The van der Waals surface area contributed by atoms with E-state index in [-0.39, 0.29) is 10.5 Å². The van der Waals surface area contributed by atoms with Gasteiger partial charge in [0.25, 0.3) is 5.56 Å². The first kappa shape index (κ1) is 18.4. The molecule has 0 spiro atoms. The highest BCUT2D eigenvalue weighted by Crippen LogP contribution is 2.26. The molecular formula is C20H14ClN3O3S. The fraction of sp³-hybridized carbons (Fsp3) is 0. The summed E-state index contributed by atoms with van der Waals surface area (Å²) in [6, 6.07) is 20.0. The second-order valence-corrected chi connectivity index (χ2v) is 8.15. The molecule has 4 rings (SSSR count). The summed E-state index contributed by atoms with van der Waals surface area (Å²) in [6.07, 6.45) is 0. The van der Waals surface area contributed by atoms with E-state index >= 15 is 0 Å². The molecule has 2 N–H and O–H groups in total. The van der Waals surface area contributed by atoms with Gasteiger partial charge in [-0.15, -0.1) is 0 Å². The van der Waals surface area contributed by atoms with Crippen LogP contribution >= 0.6 is 11.6 Å². The molecule has 0 fully saturated rings. The number of hydrogen-bond acceptors (Lipinski definition) is 4. The van der Waals surface area contributed by atoms with Crippen LogP contribution in [0.4, 0.5) is 0 Å². The monoisotopic (exact) mass is 411 g/mol. The molecule has 0 saturated carbocycles. The Bertz CT molecular complexity index is 1350. The van der Waals surface area contributed by atoms with Crippen LogP contribution in [-0.2, 0) is 10.0 Å². The van der Waals surface area contributed by atoms with Gasteiger partial charge in [-0.25, -0.2) is 13.6 Å². The first-order valence-corrected chi connectivity index (χ1v) is 10.2. The Balaban J connectivity index is 1.98. The summed E-state index contributed by atoms with van der Waals surface area (Å²) >= 11 is 5.99. The van der Waals surface area contributed by atoms with Crippen LogP contribution in [0.15, 0.2) is 82.5 Å². The Morgan fingerprint density at radius 3 is 2.07 bits per heavy atom. The molecule has 3 aromatic carbocycles. The molecule has 1 heterocycles. The average molecular weight is 412 g/mol. The zero-order chi connectivity index (χ0) is 19.9. The first-order valence-electron chi connectivity index (χ1n) is 8.26. The molecule has 0 amide bonds. The number of primary sulfonamides is 1. The number of fused-ring (bicyclic) bond motifs is 1. The molecule has 0 unspecified atom stereocenters. The van der Waals surface area contributed by atoms with Crippen LogP contribution in [0.5, 0.6) is 0 Å². The highest BCUT2D eigenvalue weighted by molar-refractivity contribution is 7.89.